The maximum atomic E-state index is 14.3. The van der Waals surface area contributed by atoms with Gasteiger partial charge in [-0.15, -0.1) is 0 Å². The van der Waals surface area contributed by atoms with Crippen molar-refractivity contribution < 1.29 is 18.0 Å². The number of allylic oxidation sites excluding steroid dienone is 2. The van der Waals surface area contributed by atoms with Gasteiger partial charge < -0.3 is 10.2 Å². The minimum absolute atomic E-state index is 0.0796. The summed E-state index contributed by atoms with van der Waals surface area (Å²) in [6.07, 6.45) is 2.49. The number of hydrogen-bond donors (Lipinski definition) is 1. The van der Waals surface area contributed by atoms with Gasteiger partial charge in [-0.05, 0) is 51.0 Å². The van der Waals surface area contributed by atoms with Crippen molar-refractivity contribution in [2.24, 2.45) is 12.5 Å². The molecule has 3 heterocycles. The van der Waals surface area contributed by atoms with E-state index in [0.717, 1.165) is 19.3 Å². The molecule has 0 radical (unpaired) electrons. The number of carbonyl (C=O) groups excluding carboxylic acids is 1. The van der Waals surface area contributed by atoms with E-state index in [1.807, 2.05) is 4.90 Å². The van der Waals surface area contributed by atoms with Crippen LogP contribution in [0.25, 0.3) is 11.1 Å². The molecular formula is C24H32F3N5O. The molecule has 0 unspecified atom stereocenters. The third-order valence-corrected chi connectivity index (χ3v) is 6.30. The van der Waals surface area contributed by atoms with Gasteiger partial charge in [-0.1, -0.05) is 19.9 Å². The lowest BCUT2D eigenvalue weighted by Gasteiger charge is -2.28. The van der Waals surface area contributed by atoms with Gasteiger partial charge in [0.2, 0.25) is 0 Å². The van der Waals surface area contributed by atoms with Crippen LogP contribution in [0, 0.1) is 12.3 Å². The SMILES string of the molecule is C/C=C(\C)NC(=O)c1c(N2CCCC(C)(C)CC2)nc(C(F)(F)F)c(-c2cnn(C)c2)c1C. The number of alkyl halides is 3. The number of nitrogens with one attached hydrogen (secondary N) is 1. The number of halogens is 3. The van der Waals surface area contributed by atoms with Gasteiger partial charge in [-0.2, -0.15) is 18.3 Å². The van der Waals surface area contributed by atoms with Crippen LogP contribution < -0.4 is 10.2 Å². The van der Waals surface area contributed by atoms with E-state index >= 15 is 0 Å². The zero-order valence-electron chi connectivity index (χ0n) is 20.1. The number of anilines is 1. The van der Waals surface area contributed by atoms with Crippen LogP contribution in [0.15, 0.2) is 24.2 Å². The lowest BCUT2D eigenvalue weighted by Crippen LogP contribution is -2.32. The van der Waals surface area contributed by atoms with Crippen LogP contribution in [0.1, 0.15) is 68.6 Å². The van der Waals surface area contributed by atoms with Crippen LogP contribution >= 0.6 is 0 Å². The van der Waals surface area contributed by atoms with Crippen molar-refractivity contribution >= 4 is 11.7 Å². The molecule has 1 fully saturated rings. The van der Waals surface area contributed by atoms with Crippen molar-refractivity contribution in [2.75, 3.05) is 18.0 Å². The molecule has 2 aromatic heterocycles. The molecule has 0 aliphatic carbocycles. The van der Waals surface area contributed by atoms with Crippen molar-refractivity contribution in [1.82, 2.24) is 20.1 Å². The Bertz CT molecular complexity index is 1070. The minimum atomic E-state index is -4.69. The lowest BCUT2D eigenvalue weighted by molar-refractivity contribution is -0.140. The Labute approximate surface area is 192 Å². The number of pyridine rings is 1. The standard InChI is InChI=1S/C24H32F3N5O/c1-7-15(2)29-22(33)19-16(3)18(17-13-28-31(6)14-17)20(24(25,26)27)30-21(19)32-11-8-9-23(4,5)10-12-32/h7,13-14H,8-12H2,1-6H3,(H,29,33)/b15-7+. The monoisotopic (exact) mass is 463 g/mol. The van der Waals surface area contributed by atoms with Crippen molar-refractivity contribution in [3.05, 3.63) is 41.0 Å². The van der Waals surface area contributed by atoms with Crippen LogP contribution in [-0.2, 0) is 13.2 Å². The first kappa shape index (κ1) is 24.8. The number of amides is 1. The Morgan fingerprint density at radius 2 is 1.94 bits per heavy atom. The van der Waals surface area contributed by atoms with Crippen molar-refractivity contribution in [3.8, 4) is 11.1 Å². The summed E-state index contributed by atoms with van der Waals surface area (Å²) in [5, 5.41) is 6.83. The third kappa shape index (κ3) is 5.39. The Hall–Kier alpha value is -2.84. The predicted octanol–water partition coefficient (Wildman–Crippen LogP) is 5.48. The molecule has 0 saturated carbocycles. The molecule has 6 nitrogen and oxygen atoms in total. The summed E-state index contributed by atoms with van der Waals surface area (Å²) in [7, 11) is 1.63. The largest absolute Gasteiger partial charge is 0.434 e. The molecule has 0 spiro atoms. The molecule has 3 rings (SSSR count). The second-order valence-corrected chi connectivity index (χ2v) is 9.49. The van der Waals surface area contributed by atoms with E-state index in [1.54, 1.807) is 33.9 Å². The summed E-state index contributed by atoms with van der Waals surface area (Å²) in [6, 6.07) is 0. The first-order chi connectivity index (χ1) is 15.3. The zero-order chi connectivity index (χ0) is 24.6. The Kier molecular flexibility index (Phi) is 6.91. The molecular weight excluding hydrogens is 431 g/mol. The maximum Gasteiger partial charge on any atom is 0.434 e. The van der Waals surface area contributed by atoms with Gasteiger partial charge in [0, 0.05) is 43.2 Å². The van der Waals surface area contributed by atoms with Gasteiger partial charge in [0.25, 0.3) is 5.91 Å². The molecule has 2 aromatic rings. The Morgan fingerprint density at radius 3 is 2.52 bits per heavy atom. The Morgan fingerprint density at radius 1 is 1.24 bits per heavy atom. The van der Waals surface area contributed by atoms with Gasteiger partial charge in [0.1, 0.15) is 5.82 Å². The van der Waals surface area contributed by atoms with Crippen LogP contribution in [-0.4, -0.2) is 33.8 Å². The van der Waals surface area contributed by atoms with E-state index in [4.69, 9.17) is 0 Å². The molecule has 1 aliphatic rings. The molecule has 1 N–H and O–H groups in total. The van der Waals surface area contributed by atoms with Gasteiger partial charge in [0.15, 0.2) is 5.69 Å². The van der Waals surface area contributed by atoms with E-state index in [0.29, 0.717) is 18.8 Å². The quantitative estimate of drug-likeness (QED) is 0.652. The highest BCUT2D eigenvalue weighted by Gasteiger charge is 2.40. The van der Waals surface area contributed by atoms with Crippen LogP contribution in [0.3, 0.4) is 0 Å². The summed E-state index contributed by atoms with van der Waals surface area (Å²) in [6.45, 7) is 10.5. The highest BCUT2D eigenvalue weighted by atomic mass is 19.4. The van der Waals surface area contributed by atoms with Crippen LogP contribution in [0.5, 0.6) is 0 Å². The van der Waals surface area contributed by atoms with E-state index in [9.17, 15) is 18.0 Å². The topological polar surface area (TPSA) is 63.1 Å². The van der Waals surface area contributed by atoms with Crippen LogP contribution in [0.2, 0.25) is 0 Å². The average Bonchev–Trinajstić information content (AvgIpc) is 3.05. The fourth-order valence-electron chi connectivity index (χ4n) is 4.25. The number of aromatic nitrogens is 3. The van der Waals surface area contributed by atoms with Crippen molar-refractivity contribution in [3.63, 3.8) is 0 Å². The zero-order valence-corrected chi connectivity index (χ0v) is 20.1. The van der Waals surface area contributed by atoms with Gasteiger partial charge in [-0.3, -0.25) is 9.48 Å². The molecule has 33 heavy (non-hydrogen) atoms. The number of nitrogens with zero attached hydrogens (tertiary/aromatic N) is 4. The average molecular weight is 464 g/mol. The van der Waals surface area contributed by atoms with Gasteiger partial charge >= 0.3 is 6.18 Å². The van der Waals surface area contributed by atoms with E-state index in [1.165, 1.54) is 17.1 Å². The van der Waals surface area contributed by atoms with Crippen molar-refractivity contribution in [1.29, 1.82) is 0 Å². The van der Waals surface area contributed by atoms with Crippen molar-refractivity contribution in [2.45, 2.75) is 60.1 Å². The second-order valence-electron chi connectivity index (χ2n) is 9.49. The molecule has 1 amide bonds. The highest BCUT2D eigenvalue weighted by molar-refractivity contribution is 6.03. The van der Waals surface area contributed by atoms with Crippen LogP contribution in [0.4, 0.5) is 19.0 Å². The van der Waals surface area contributed by atoms with E-state index < -0.39 is 17.8 Å². The fourth-order valence-corrected chi connectivity index (χ4v) is 4.25. The molecule has 1 aliphatic heterocycles. The number of hydrogen-bond acceptors (Lipinski definition) is 4. The van der Waals surface area contributed by atoms with E-state index in [-0.39, 0.29) is 33.5 Å². The third-order valence-electron chi connectivity index (χ3n) is 6.30. The number of rotatable bonds is 4. The molecule has 180 valence electrons. The molecule has 1 saturated heterocycles. The summed E-state index contributed by atoms with van der Waals surface area (Å²) < 4.78 is 44.2. The lowest BCUT2D eigenvalue weighted by atomic mass is 9.85. The molecule has 9 heteroatoms. The smallest absolute Gasteiger partial charge is 0.356 e. The second kappa shape index (κ2) is 9.19. The van der Waals surface area contributed by atoms with E-state index in [2.05, 4.69) is 29.2 Å². The summed E-state index contributed by atoms with van der Waals surface area (Å²) >= 11 is 0. The summed E-state index contributed by atoms with van der Waals surface area (Å²) in [5.41, 5.74) is 0.271. The Balaban J connectivity index is 2.28. The molecule has 0 aromatic carbocycles. The van der Waals surface area contributed by atoms with Gasteiger partial charge in [-0.25, -0.2) is 4.98 Å². The number of aryl methyl sites for hydroxylation is 1. The predicted molar refractivity (Wildman–Crippen MR) is 123 cm³/mol. The first-order valence-corrected chi connectivity index (χ1v) is 11.1. The minimum Gasteiger partial charge on any atom is -0.356 e. The summed E-state index contributed by atoms with van der Waals surface area (Å²) in [4.78, 5) is 19.3. The highest BCUT2D eigenvalue weighted by Crippen LogP contribution is 2.42. The maximum absolute atomic E-state index is 14.3. The molecule has 0 bridgehead atoms. The fraction of sp³-hybridized carbons (Fsp3) is 0.542. The van der Waals surface area contributed by atoms with Gasteiger partial charge in [0.05, 0.1) is 11.8 Å². The molecule has 0 atom stereocenters. The first-order valence-electron chi connectivity index (χ1n) is 11.1. The normalized spacial score (nSPS) is 17.1. The number of carbonyl (C=O) groups is 1. The summed E-state index contributed by atoms with van der Waals surface area (Å²) in [5.74, 6) is -0.375.